The number of nitrogens with one attached hydrogen (secondary N) is 1. The van der Waals surface area contributed by atoms with Gasteiger partial charge in [-0.05, 0) is 43.5 Å². The molecule has 2 nitrogen and oxygen atoms in total. The Morgan fingerprint density at radius 2 is 1.82 bits per heavy atom. The van der Waals surface area contributed by atoms with E-state index in [2.05, 4.69) is 36.5 Å². The third kappa shape index (κ3) is 4.63. The second-order valence-electron chi connectivity index (χ2n) is 5.55. The van der Waals surface area contributed by atoms with Crippen LogP contribution in [-0.2, 0) is 5.75 Å². The van der Waals surface area contributed by atoms with Crippen molar-refractivity contribution < 1.29 is 4.79 Å². The molecule has 2 rings (SSSR count). The Bertz CT molecular complexity index is 652. The summed E-state index contributed by atoms with van der Waals surface area (Å²) >= 11 is 1.85. The molecule has 0 saturated heterocycles. The third-order valence-electron chi connectivity index (χ3n) is 3.69. The summed E-state index contributed by atoms with van der Waals surface area (Å²) in [5.41, 5.74) is 5.62. The average molecular weight is 313 g/mol. The van der Waals surface area contributed by atoms with E-state index in [-0.39, 0.29) is 5.91 Å². The summed E-state index contributed by atoms with van der Waals surface area (Å²) in [6.07, 6.45) is 0. The van der Waals surface area contributed by atoms with Gasteiger partial charge in [0.05, 0.1) is 0 Å². The molecule has 0 unspecified atom stereocenters. The van der Waals surface area contributed by atoms with Crippen LogP contribution in [0.15, 0.2) is 42.5 Å². The molecule has 1 amide bonds. The van der Waals surface area contributed by atoms with Crippen molar-refractivity contribution in [3.63, 3.8) is 0 Å². The molecule has 0 fully saturated rings. The lowest BCUT2D eigenvalue weighted by atomic mass is 10.1. The molecule has 0 atom stereocenters. The largest absolute Gasteiger partial charge is 0.351 e. The van der Waals surface area contributed by atoms with Gasteiger partial charge in [-0.3, -0.25) is 4.79 Å². The van der Waals surface area contributed by atoms with E-state index in [4.69, 9.17) is 0 Å². The zero-order valence-electron chi connectivity index (χ0n) is 13.5. The first-order valence-corrected chi connectivity index (χ1v) is 8.71. The van der Waals surface area contributed by atoms with Crippen molar-refractivity contribution in [2.45, 2.75) is 26.5 Å². The van der Waals surface area contributed by atoms with Gasteiger partial charge in [-0.15, -0.1) is 0 Å². The summed E-state index contributed by atoms with van der Waals surface area (Å²) in [7, 11) is 0. The second kappa shape index (κ2) is 8.04. The Kier molecular flexibility index (Phi) is 6.08. The first-order chi connectivity index (χ1) is 10.6. The van der Waals surface area contributed by atoms with Crippen LogP contribution >= 0.6 is 11.8 Å². The number of amides is 1. The van der Waals surface area contributed by atoms with E-state index in [0.717, 1.165) is 28.2 Å². The molecule has 0 heterocycles. The summed E-state index contributed by atoms with van der Waals surface area (Å²) in [6, 6.07) is 14.4. The molecule has 116 valence electrons. The van der Waals surface area contributed by atoms with Crippen molar-refractivity contribution in [2.75, 3.05) is 12.3 Å². The first kappa shape index (κ1) is 16.6. The van der Waals surface area contributed by atoms with Gasteiger partial charge < -0.3 is 5.32 Å². The minimum absolute atomic E-state index is 0.0256. The Balaban J connectivity index is 1.76. The molecular formula is C19H23NOS. The molecule has 0 saturated carbocycles. The van der Waals surface area contributed by atoms with Gasteiger partial charge in [-0.1, -0.05) is 42.0 Å². The molecular weight excluding hydrogens is 290 g/mol. The summed E-state index contributed by atoms with van der Waals surface area (Å²) in [5, 5.41) is 3.01. The number of thioether (sulfide) groups is 1. The topological polar surface area (TPSA) is 29.1 Å². The quantitative estimate of drug-likeness (QED) is 0.807. The smallest absolute Gasteiger partial charge is 0.251 e. The zero-order chi connectivity index (χ0) is 15.9. The predicted octanol–water partition coefficient (Wildman–Crippen LogP) is 4.28. The Labute approximate surface area is 137 Å². The van der Waals surface area contributed by atoms with Gasteiger partial charge in [0.1, 0.15) is 0 Å². The van der Waals surface area contributed by atoms with Crippen LogP contribution in [-0.4, -0.2) is 18.2 Å². The Hall–Kier alpha value is -1.74. The number of rotatable bonds is 6. The molecule has 1 N–H and O–H groups in total. The van der Waals surface area contributed by atoms with Gasteiger partial charge in [0.25, 0.3) is 5.91 Å². The lowest BCUT2D eigenvalue weighted by Gasteiger charge is -2.09. The fourth-order valence-corrected chi connectivity index (χ4v) is 3.20. The number of aryl methyl sites for hydroxylation is 3. The maximum absolute atomic E-state index is 12.2. The Morgan fingerprint density at radius 1 is 1.05 bits per heavy atom. The van der Waals surface area contributed by atoms with Crippen LogP contribution < -0.4 is 5.32 Å². The third-order valence-corrected chi connectivity index (χ3v) is 4.70. The molecule has 0 bridgehead atoms. The zero-order valence-corrected chi connectivity index (χ0v) is 14.3. The van der Waals surface area contributed by atoms with Crippen LogP contribution in [0.1, 0.15) is 32.6 Å². The van der Waals surface area contributed by atoms with Crippen molar-refractivity contribution >= 4 is 17.7 Å². The molecule has 0 radical (unpaired) electrons. The first-order valence-electron chi connectivity index (χ1n) is 7.55. The van der Waals surface area contributed by atoms with Gasteiger partial charge in [0.15, 0.2) is 0 Å². The summed E-state index contributed by atoms with van der Waals surface area (Å²) in [6.45, 7) is 6.82. The van der Waals surface area contributed by atoms with Gasteiger partial charge in [-0.25, -0.2) is 0 Å². The lowest BCUT2D eigenvalue weighted by Crippen LogP contribution is -2.26. The van der Waals surface area contributed by atoms with Crippen LogP contribution in [0.4, 0.5) is 0 Å². The monoisotopic (exact) mass is 313 g/mol. The van der Waals surface area contributed by atoms with E-state index in [1.165, 1.54) is 11.1 Å². The van der Waals surface area contributed by atoms with Crippen LogP contribution in [0.25, 0.3) is 0 Å². The average Bonchev–Trinajstić information content (AvgIpc) is 2.51. The summed E-state index contributed by atoms with van der Waals surface area (Å²) in [4.78, 5) is 12.2. The highest BCUT2D eigenvalue weighted by Crippen LogP contribution is 2.15. The van der Waals surface area contributed by atoms with Crippen molar-refractivity contribution in [3.05, 3.63) is 70.3 Å². The molecule has 2 aromatic carbocycles. The van der Waals surface area contributed by atoms with Gasteiger partial charge in [-0.2, -0.15) is 11.8 Å². The molecule has 0 aliphatic carbocycles. The van der Waals surface area contributed by atoms with Crippen molar-refractivity contribution in [2.24, 2.45) is 0 Å². The van der Waals surface area contributed by atoms with Crippen LogP contribution in [0.2, 0.25) is 0 Å². The molecule has 22 heavy (non-hydrogen) atoms. The standard InChI is InChI=1S/C19H23NOS/c1-14-8-9-16(3)18(12-14)19(21)20-10-11-22-13-17-7-5-4-6-15(17)2/h4-9,12H,10-11,13H2,1-3H3,(H,20,21). The maximum Gasteiger partial charge on any atom is 0.251 e. The summed E-state index contributed by atoms with van der Waals surface area (Å²) < 4.78 is 0. The fraction of sp³-hybridized carbons (Fsp3) is 0.316. The highest BCUT2D eigenvalue weighted by molar-refractivity contribution is 7.98. The SMILES string of the molecule is Cc1ccc(C)c(C(=O)NCCSCc2ccccc2C)c1. The van der Waals surface area contributed by atoms with E-state index in [0.29, 0.717) is 6.54 Å². The van der Waals surface area contributed by atoms with E-state index in [1.807, 2.05) is 43.8 Å². The van der Waals surface area contributed by atoms with Crippen LogP contribution in [0.5, 0.6) is 0 Å². The second-order valence-corrected chi connectivity index (χ2v) is 6.66. The summed E-state index contributed by atoms with van der Waals surface area (Å²) in [5.74, 6) is 1.94. The number of hydrogen-bond acceptors (Lipinski definition) is 2. The fourth-order valence-electron chi connectivity index (χ4n) is 2.27. The molecule has 2 aromatic rings. The maximum atomic E-state index is 12.2. The van der Waals surface area contributed by atoms with Gasteiger partial charge in [0, 0.05) is 23.6 Å². The van der Waals surface area contributed by atoms with Gasteiger partial charge in [0.2, 0.25) is 0 Å². The molecule has 0 aromatic heterocycles. The van der Waals surface area contributed by atoms with Crippen LogP contribution in [0.3, 0.4) is 0 Å². The van der Waals surface area contributed by atoms with Crippen LogP contribution in [0, 0.1) is 20.8 Å². The van der Waals surface area contributed by atoms with Gasteiger partial charge >= 0.3 is 0 Å². The normalized spacial score (nSPS) is 10.5. The molecule has 0 spiro atoms. The number of carbonyl (C=O) groups is 1. The van der Waals surface area contributed by atoms with E-state index < -0.39 is 0 Å². The van der Waals surface area contributed by atoms with Crippen molar-refractivity contribution in [1.29, 1.82) is 0 Å². The number of carbonyl (C=O) groups excluding carboxylic acids is 1. The minimum Gasteiger partial charge on any atom is -0.351 e. The lowest BCUT2D eigenvalue weighted by molar-refractivity contribution is 0.0955. The molecule has 0 aliphatic rings. The van der Waals surface area contributed by atoms with Crippen molar-refractivity contribution in [1.82, 2.24) is 5.32 Å². The number of benzene rings is 2. The molecule has 0 aliphatic heterocycles. The van der Waals surface area contributed by atoms with E-state index >= 15 is 0 Å². The highest BCUT2D eigenvalue weighted by atomic mass is 32.2. The number of hydrogen-bond donors (Lipinski definition) is 1. The minimum atomic E-state index is 0.0256. The predicted molar refractivity (Wildman–Crippen MR) is 95.6 cm³/mol. The van der Waals surface area contributed by atoms with Crippen molar-refractivity contribution in [3.8, 4) is 0 Å². The highest BCUT2D eigenvalue weighted by Gasteiger charge is 2.08. The van der Waals surface area contributed by atoms with E-state index in [9.17, 15) is 4.79 Å². The molecule has 3 heteroatoms. The Morgan fingerprint density at radius 3 is 2.59 bits per heavy atom. The van der Waals surface area contributed by atoms with E-state index in [1.54, 1.807) is 0 Å².